The number of nitrogens with one attached hydrogen (secondary N) is 1. The average Bonchev–Trinajstić information content (AvgIpc) is 3.23. The maximum absolute atomic E-state index is 12.9. The Kier molecular flexibility index (Phi) is 4.82. The molecule has 2 heterocycles. The van der Waals surface area contributed by atoms with E-state index in [2.05, 4.69) is 4.72 Å². The number of benzene rings is 2. The molecule has 2 aromatic carbocycles. The summed E-state index contributed by atoms with van der Waals surface area (Å²) in [5.74, 6) is 0.0985. The Labute approximate surface area is 174 Å². The minimum atomic E-state index is -3.78. The van der Waals surface area contributed by atoms with Crippen molar-refractivity contribution in [3.63, 3.8) is 0 Å². The van der Waals surface area contributed by atoms with Gasteiger partial charge in [0.15, 0.2) is 0 Å². The van der Waals surface area contributed by atoms with E-state index < -0.39 is 10.0 Å². The van der Waals surface area contributed by atoms with Crippen LogP contribution in [0.15, 0.2) is 68.9 Å². The first-order valence-electron chi connectivity index (χ1n) is 9.58. The van der Waals surface area contributed by atoms with Crippen LogP contribution in [0.1, 0.15) is 31.0 Å². The molecule has 4 aromatic rings. The molecule has 0 atom stereocenters. The number of rotatable bonds is 5. The average molecular weight is 426 g/mol. The van der Waals surface area contributed by atoms with Crippen molar-refractivity contribution in [1.29, 1.82) is 0 Å². The Morgan fingerprint density at radius 1 is 1.03 bits per heavy atom. The molecule has 0 saturated carbocycles. The quantitative estimate of drug-likeness (QED) is 0.520. The second kappa shape index (κ2) is 7.21. The van der Waals surface area contributed by atoms with Crippen molar-refractivity contribution in [3.05, 3.63) is 76.4 Å². The minimum absolute atomic E-state index is 0.0906. The molecular weight excluding hydrogens is 402 g/mol. The number of anilines is 1. The fraction of sp³-hybridized carbons (Fsp3) is 0.227. The lowest BCUT2D eigenvalue weighted by atomic mass is 10.0. The number of fused-ring (bicyclic) bond motifs is 1. The van der Waals surface area contributed by atoms with Gasteiger partial charge in [0.1, 0.15) is 5.58 Å². The van der Waals surface area contributed by atoms with E-state index in [1.54, 1.807) is 52.0 Å². The highest BCUT2D eigenvalue weighted by molar-refractivity contribution is 7.92. The fourth-order valence-corrected chi connectivity index (χ4v) is 4.74. The van der Waals surface area contributed by atoms with Crippen LogP contribution in [0.2, 0.25) is 0 Å². The molecule has 0 aliphatic carbocycles. The molecule has 2 aromatic heterocycles. The number of aromatic nitrogens is 2. The second-order valence-electron chi connectivity index (χ2n) is 7.57. The first-order chi connectivity index (χ1) is 14.2. The minimum Gasteiger partial charge on any atom is -0.464 e. The molecule has 4 rings (SSSR count). The molecule has 0 saturated heterocycles. The summed E-state index contributed by atoms with van der Waals surface area (Å²) < 4.78 is 36.8. The van der Waals surface area contributed by atoms with Gasteiger partial charge in [-0.2, -0.15) is 0 Å². The van der Waals surface area contributed by atoms with Gasteiger partial charge >= 0.3 is 0 Å². The summed E-state index contributed by atoms with van der Waals surface area (Å²) in [6.45, 7) is 5.87. The van der Waals surface area contributed by atoms with Crippen molar-refractivity contribution in [1.82, 2.24) is 9.36 Å². The van der Waals surface area contributed by atoms with Crippen LogP contribution in [-0.4, -0.2) is 17.8 Å². The van der Waals surface area contributed by atoms with E-state index in [9.17, 15) is 13.2 Å². The summed E-state index contributed by atoms with van der Waals surface area (Å²) in [4.78, 5) is 13.0. The molecule has 0 radical (unpaired) electrons. The summed E-state index contributed by atoms with van der Waals surface area (Å²) in [5, 5.41) is 0.810. The number of sulfonamides is 1. The molecule has 0 fully saturated rings. The molecule has 0 spiro atoms. The van der Waals surface area contributed by atoms with Crippen LogP contribution in [0.4, 0.5) is 5.69 Å². The molecule has 8 heteroatoms. The monoisotopic (exact) mass is 425 g/mol. The number of nitrogens with zero attached hydrogens (tertiary/aromatic N) is 2. The summed E-state index contributed by atoms with van der Waals surface area (Å²) in [5.41, 5.74) is 3.30. The van der Waals surface area contributed by atoms with E-state index in [0.29, 0.717) is 17.0 Å². The van der Waals surface area contributed by atoms with Crippen LogP contribution in [0.3, 0.4) is 0 Å². The van der Waals surface area contributed by atoms with E-state index in [-0.39, 0.29) is 16.4 Å². The number of furan rings is 1. The smallest absolute Gasteiger partial charge is 0.275 e. The van der Waals surface area contributed by atoms with Gasteiger partial charge < -0.3 is 4.42 Å². The predicted octanol–water partition coefficient (Wildman–Crippen LogP) is 4.15. The van der Waals surface area contributed by atoms with Crippen LogP contribution >= 0.6 is 0 Å². The summed E-state index contributed by atoms with van der Waals surface area (Å²) in [6, 6.07) is 13.1. The summed E-state index contributed by atoms with van der Waals surface area (Å²) in [6.07, 6.45) is 1.56. The van der Waals surface area contributed by atoms with Crippen molar-refractivity contribution in [2.45, 2.75) is 31.6 Å². The zero-order chi connectivity index (χ0) is 21.6. The van der Waals surface area contributed by atoms with Crippen LogP contribution in [0, 0.1) is 6.92 Å². The van der Waals surface area contributed by atoms with E-state index in [1.165, 1.54) is 12.1 Å². The SMILES string of the molecule is Cc1c(C(C)C)c(=O)n(-c2ccc(S(=O)(=O)Nc3ccc4occc4c3)cc2)n1C. The van der Waals surface area contributed by atoms with Crippen molar-refractivity contribution >= 4 is 26.7 Å². The fourth-order valence-electron chi connectivity index (χ4n) is 3.70. The first-order valence-corrected chi connectivity index (χ1v) is 11.1. The van der Waals surface area contributed by atoms with Crippen LogP contribution < -0.4 is 10.3 Å². The predicted molar refractivity (Wildman–Crippen MR) is 117 cm³/mol. The van der Waals surface area contributed by atoms with E-state index in [0.717, 1.165) is 16.6 Å². The first kappa shape index (κ1) is 20.0. The van der Waals surface area contributed by atoms with Crippen molar-refractivity contribution < 1.29 is 12.8 Å². The lowest BCUT2D eigenvalue weighted by molar-refractivity contribution is 0.600. The van der Waals surface area contributed by atoms with Crippen LogP contribution in [0.5, 0.6) is 0 Å². The summed E-state index contributed by atoms with van der Waals surface area (Å²) in [7, 11) is -1.96. The largest absolute Gasteiger partial charge is 0.464 e. The Morgan fingerprint density at radius 2 is 1.73 bits per heavy atom. The van der Waals surface area contributed by atoms with Gasteiger partial charge in [-0.15, -0.1) is 0 Å². The topological polar surface area (TPSA) is 86.2 Å². The highest BCUT2D eigenvalue weighted by Gasteiger charge is 2.20. The van der Waals surface area contributed by atoms with Crippen molar-refractivity contribution in [2.24, 2.45) is 7.05 Å². The number of hydrogen-bond acceptors (Lipinski definition) is 4. The van der Waals surface area contributed by atoms with Gasteiger partial charge in [0.25, 0.3) is 15.6 Å². The summed E-state index contributed by atoms with van der Waals surface area (Å²) >= 11 is 0. The Hall–Kier alpha value is -3.26. The lowest BCUT2D eigenvalue weighted by Gasteiger charge is -2.11. The molecule has 1 N–H and O–H groups in total. The van der Waals surface area contributed by atoms with Crippen LogP contribution in [0.25, 0.3) is 16.7 Å². The Morgan fingerprint density at radius 3 is 2.37 bits per heavy atom. The maximum Gasteiger partial charge on any atom is 0.275 e. The molecule has 0 unspecified atom stereocenters. The Balaban J connectivity index is 1.66. The Bertz CT molecular complexity index is 1390. The van der Waals surface area contributed by atoms with Gasteiger partial charge in [0.05, 0.1) is 16.8 Å². The zero-order valence-electron chi connectivity index (χ0n) is 17.2. The molecule has 7 nitrogen and oxygen atoms in total. The van der Waals surface area contributed by atoms with Gasteiger partial charge in [-0.3, -0.25) is 14.2 Å². The molecule has 30 heavy (non-hydrogen) atoms. The number of hydrogen-bond donors (Lipinski definition) is 1. The van der Waals surface area contributed by atoms with Crippen LogP contribution in [-0.2, 0) is 17.1 Å². The van der Waals surface area contributed by atoms with E-state index in [1.807, 2.05) is 27.8 Å². The molecule has 0 amide bonds. The second-order valence-corrected chi connectivity index (χ2v) is 9.25. The van der Waals surface area contributed by atoms with E-state index >= 15 is 0 Å². The van der Waals surface area contributed by atoms with Gasteiger partial charge in [-0.1, -0.05) is 13.8 Å². The van der Waals surface area contributed by atoms with Gasteiger partial charge in [-0.05, 0) is 61.4 Å². The maximum atomic E-state index is 12.9. The molecule has 156 valence electrons. The van der Waals surface area contributed by atoms with Crippen molar-refractivity contribution in [3.8, 4) is 5.69 Å². The highest BCUT2D eigenvalue weighted by Crippen LogP contribution is 2.23. The molecule has 0 aliphatic heterocycles. The molecule has 0 bridgehead atoms. The normalized spacial score (nSPS) is 12.0. The standard InChI is InChI=1S/C22H23N3O4S/c1-14(2)21-15(3)24(4)25(22(21)26)18-6-8-19(9-7-18)30(27,28)23-17-5-10-20-16(13-17)11-12-29-20/h5-14,23H,1-4H3. The van der Waals surface area contributed by atoms with Gasteiger partial charge in [-0.25, -0.2) is 13.1 Å². The molecule has 0 aliphatic rings. The van der Waals surface area contributed by atoms with Crippen molar-refractivity contribution in [2.75, 3.05) is 4.72 Å². The van der Waals surface area contributed by atoms with E-state index in [4.69, 9.17) is 4.42 Å². The third kappa shape index (κ3) is 3.33. The lowest BCUT2D eigenvalue weighted by Crippen LogP contribution is -2.21. The highest BCUT2D eigenvalue weighted by atomic mass is 32.2. The third-order valence-electron chi connectivity index (χ3n) is 5.27. The van der Waals surface area contributed by atoms with Gasteiger partial charge in [0.2, 0.25) is 0 Å². The third-order valence-corrected chi connectivity index (χ3v) is 6.67. The zero-order valence-corrected chi connectivity index (χ0v) is 18.0. The molecular formula is C22H23N3O4S. The van der Waals surface area contributed by atoms with Gasteiger partial charge in [0, 0.05) is 29.4 Å².